The van der Waals surface area contributed by atoms with Crippen molar-refractivity contribution in [3.8, 4) is 5.75 Å². The second kappa shape index (κ2) is 9.75. The van der Waals surface area contributed by atoms with Crippen molar-refractivity contribution < 1.29 is 9.53 Å². The third kappa shape index (κ3) is 5.72. The quantitative estimate of drug-likeness (QED) is 0.731. The molecule has 0 aliphatic carbocycles. The maximum Gasteiger partial charge on any atom is 0.276 e. The molecule has 0 aliphatic rings. The summed E-state index contributed by atoms with van der Waals surface area (Å²) < 4.78 is 5.59. The molecule has 0 saturated heterocycles. The van der Waals surface area contributed by atoms with E-state index in [0.717, 1.165) is 37.5 Å². The topological polar surface area (TPSA) is 67.4 Å². The lowest BCUT2D eigenvalue weighted by Crippen LogP contribution is -2.26. The molecule has 2 aromatic rings. The van der Waals surface area contributed by atoms with Crippen LogP contribution >= 0.6 is 0 Å². The van der Waals surface area contributed by atoms with Gasteiger partial charge in [-0.05, 0) is 63.1 Å². The summed E-state index contributed by atoms with van der Waals surface area (Å²) in [7, 11) is 0. The highest BCUT2D eigenvalue weighted by molar-refractivity contribution is 6.02. The first kappa shape index (κ1) is 19.7. The Bertz CT molecular complexity index is 678. The smallest absolute Gasteiger partial charge is 0.276 e. The van der Waals surface area contributed by atoms with E-state index in [1.54, 1.807) is 6.07 Å². The second-order valence-electron chi connectivity index (χ2n) is 6.41. The van der Waals surface area contributed by atoms with Crippen LogP contribution in [0, 0.1) is 0 Å². The lowest BCUT2D eigenvalue weighted by Gasteiger charge is -2.21. The second-order valence-corrected chi connectivity index (χ2v) is 6.41. The maximum absolute atomic E-state index is 12.4. The number of hydrogen-bond donors (Lipinski definition) is 1. The van der Waals surface area contributed by atoms with Crippen molar-refractivity contribution in [3.63, 3.8) is 0 Å². The highest BCUT2D eigenvalue weighted by Gasteiger charge is 2.11. The molecule has 0 saturated carbocycles. The Balaban J connectivity index is 2.01. The van der Waals surface area contributed by atoms with Crippen molar-refractivity contribution >= 4 is 17.4 Å². The molecule has 0 radical (unpaired) electrons. The first-order chi connectivity index (χ1) is 12.5. The molecule has 1 amide bonds. The molecule has 1 N–H and O–H groups in total. The van der Waals surface area contributed by atoms with E-state index < -0.39 is 0 Å². The average molecular weight is 356 g/mol. The highest BCUT2D eigenvalue weighted by Crippen LogP contribution is 2.18. The number of aromatic nitrogens is 2. The number of rotatable bonds is 9. The molecule has 1 aromatic carbocycles. The summed E-state index contributed by atoms with van der Waals surface area (Å²) in [4.78, 5) is 14.5. The predicted octanol–water partition coefficient (Wildman–Crippen LogP) is 4.14. The summed E-state index contributed by atoms with van der Waals surface area (Å²) in [5, 5.41) is 11.1. The van der Waals surface area contributed by atoms with Crippen LogP contribution in [0.3, 0.4) is 0 Å². The zero-order chi connectivity index (χ0) is 18.9. The van der Waals surface area contributed by atoms with Crippen molar-refractivity contribution in [2.45, 2.75) is 46.6 Å². The molecule has 0 spiro atoms. The lowest BCUT2D eigenvalue weighted by molar-refractivity contribution is 0.102. The molecular weight excluding hydrogens is 328 g/mol. The van der Waals surface area contributed by atoms with Gasteiger partial charge >= 0.3 is 0 Å². The van der Waals surface area contributed by atoms with E-state index in [1.165, 1.54) is 0 Å². The minimum Gasteiger partial charge on any atom is -0.491 e. The summed E-state index contributed by atoms with van der Waals surface area (Å²) in [5.41, 5.74) is 0.986. The van der Waals surface area contributed by atoms with Crippen LogP contribution in [0.1, 0.15) is 51.0 Å². The zero-order valence-electron chi connectivity index (χ0n) is 16.0. The van der Waals surface area contributed by atoms with E-state index in [1.807, 2.05) is 44.2 Å². The van der Waals surface area contributed by atoms with E-state index in [0.29, 0.717) is 11.4 Å². The highest BCUT2D eigenvalue weighted by atomic mass is 16.5. The van der Waals surface area contributed by atoms with Gasteiger partial charge in [0.25, 0.3) is 5.91 Å². The summed E-state index contributed by atoms with van der Waals surface area (Å²) in [6.07, 6.45) is 2.20. The fraction of sp³-hybridized carbons (Fsp3) is 0.450. The van der Waals surface area contributed by atoms with Crippen molar-refractivity contribution in [2.75, 3.05) is 23.3 Å². The number of benzene rings is 1. The van der Waals surface area contributed by atoms with Crippen LogP contribution in [0.5, 0.6) is 5.75 Å². The Morgan fingerprint density at radius 3 is 2.19 bits per heavy atom. The van der Waals surface area contributed by atoms with Crippen LogP contribution in [0.2, 0.25) is 0 Å². The van der Waals surface area contributed by atoms with Gasteiger partial charge in [0.1, 0.15) is 5.75 Å². The number of ether oxygens (including phenoxy) is 1. The van der Waals surface area contributed by atoms with Crippen LogP contribution in [0.15, 0.2) is 36.4 Å². The maximum atomic E-state index is 12.4. The van der Waals surface area contributed by atoms with E-state index in [2.05, 4.69) is 34.3 Å². The summed E-state index contributed by atoms with van der Waals surface area (Å²) in [6.45, 7) is 10.1. The Hall–Kier alpha value is -2.63. The predicted molar refractivity (Wildman–Crippen MR) is 105 cm³/mol. The molecular formula is C20H28N4O2. The molecule has 140 valence electrons. The number of anilines is 2. The van der Waals surface area contributed by atoms with Crippen LogP contribution in [0.25, 0.3) is 0 Å². The standard InChI is InChI=1S/C20H28N4O2/c1-5-13-24(14-6-2)19-12-11-18(22-23-19)20(25)21-16-7-9-17(10-8-16)26-15(3)4/h7-12,15H,5-6,13-14H2,1-4H3,(H,21,25). The first-order valence-electron chi connectivity index (χ1n) is 9.20. The van der Waals surface area contributed by atoms with Crippen molar-refractivity contribution in [3.05, 3.63) is 42.1 Å². The van der Waals surface area contributed by atoms with Crippen LogP contribution < -0.4 is 15.0 Å². The van der Waals surface area contributed by atoms with Crippen LogP contribution in [-0.2, 0) is 0 Å². The molecule has 6 heteroatoms. The van der Waals surface area contributed by atoms with Gasteiger partial charge in [0.05, 0.1) is 6.10 Å². The molecule has 0 atom stereocenters. The van der Waals surface area contributed by atoms with Gasteiger partial charge in [-0.1, -0.05) is 13.8 Å². The molecule has 0 bridgehead atoms. The Kier molecular flexibility index (Phi) is 7.38. The average Bonchev–Trinajstić information content (AvgIpc) is 2.63. The Labute approximate surface area is 155 Å². The van der Waals surface area contributed by atoms with Gasteiger partial charge in [0.15, 0.2) is 11.5 Å². The minimum atomic E-state index is -0.279. The molecule has 2 rings (SSSR count). The third-order valence-corrected chi connectivity index (χ3v) is 3.68. The Morgan fingerprint density at radius 2 is 1.69 bits per heavy atom. The molecule has 0 unspecified atom stereocenters. The summed E-state index contributed by atoms with van der Waals surface area (Å²) >= 11 is 0. The number of hydrogen-bond acceptors (Lipinski definition) is 5. The monoisotopic (exact) mass is 356 g/mol. The van der Waals surface area contributed by atoms with Crippen molar-refractivity contribution in [1.29, 1.82) is 0 Å². The normalized spacial score (nSPS) is 10.7. The van der Waals surface area contributed by atoms with Gasteiger partial charge in [-0.3, -0.25) is 4.79 Å². The van der Waals surface area contributed by atoms with E-state index in [9.17, 15) is 4.79 Å². The molecule has 0 aliphatic heterocycles. The number of nitrogens with one attached hydrogen (secondary N) is 1. The van der Waals surface area contributed by atoms with E-state index >= 15 is 0 Å². The van der Waals surface area contributed by atoms with Gasteiger partial charge in [-0.2, -0.15) is 0 Å². The first-order valence-corrected chi connectivity index (χ1v) is 9.20. The summed E-state index contributed by atoms with van der Waals surface area (Å²) in [6, 6.07) is 10.8. The molecule has 0 fully saturated rings. The fourth-order valence-corrected chi connectivity index (χ4v) is 2.58. The summed E-state index contributed by atoms with van der Waals surface area (Å²) in [5.74, 6) is 1.30. The molecule has 1 aromatic heterocycles. The van der Waals surface area contributed by atoms with Gasteiger partial charge in [0, 0.05) is 18.8 Å². The zero-order valence-corrected chi connectivity index (χ0v) is 16.0. The minimum absolute atomic E-state index is 0.115. The SMILES string of the molecule is CCCN(CCC)c1ccc(C(=O)Nc2ccc(OC(C)C)cc2)nn1. The lowest BCUT2D eigenvalue weighted by atomic mass is 10.2. The number of nitrogens with zero attached hydrogens (tertiary/aromatic N) is 3. The third-order valence-electron chi connectivity index (χ3n) is 3.68. The van der Waals surface area contributed by atoms with Crippen molar-refractivity contribution in [2.24, 2.45) is 0 Å². The molecule has 1 heterocycles. The number of carbonyl (C=O) groups excluding carboxylic acids is 1. The van der Waals surface area contributed by atoms with Crippen LogP contribution in [0.4, 0.5) is 11.5 Å². The Morgan fingerprint density at radius 1 is 1.04 bits per heavy atom. The van der Waals surface area contributed by atoms with E-state index in [-0.39, 0.29) is 12.0 Å². The number of amides is 1. The van der Waals surface area contributed by atoms with E-state index in [4.69, 9.17) is 4.74 Å². The molecule has 6 nitrogen and oxygen atoms in total. The van der Waals surface area contributed by atoms with Crippen molar-refractivity contribution in [1.82, 2.24) is 10.2 Å². The van der Waals surface area contributed by atoms with Crippen LogP contribution in [-0.4, -0.2) is 35.3 Å². The van der Waals surface area contributed by atoms with Gasteiger partial charge in [-0.15, -0.1) is 10.2 Å². The number of carbonyl (C=O) groups is 1. The van der Waals surface area contributed by atoms with Gasteiger partial charge < -0.3 is 15.0 Å². The molecule has 26 heavy (non-hydrogen) atoms. The largest absolute Gasteiger partial charge is 0.491 e. The van der Waals surface area contributed by atoms with Gasteiger partial charge in [-0.25, -0.2) is 0 Å². The fourth-order valence-electron chi connectivity index (χ4n) is 2.58. The van der Waals surface area contributed by atoms with Gasteiger partial charge in [0.2, 0.25) is 0 Å².